The van der Waals surface area contributed by atoms with Crippen LogP contribution in [0.15, 0.2) is 36.7 Å². The maximum Gasteiger partial charge on any atom is 0.410 e. The van der Waals surface area contributed by atoms with Crippen molar-refractivity contribution in [2.45, 2.75) is 39.2 Å². The molecular weight excluding hydrogens is 385 g/mol. The molecule has 0 saturated carbocycles. The van der Waals surface area contributed by atoms with E-state index < -0.39 is 5.60 Å². The number of piperidine rings is 1. The Morgan fingerprint density at radius 3 is 2.63 bits per heavy atom. The Hall–Kier alpha value is -2.90. The molecule has 1 N–H and O–H groups in total. The van der Waals surface area contributed by atoms with E-state index in [1.54, 1.807) is 23.1 Å². The van der Waals surface area contributed by atoms with Gasteiger partial charge in [-0.1, -0.05) is 12.1 Å². The number of rotatable bonds is 5. The number of nitrogens with zero attached hydrogens (tertiary/aromatic N) is 4. The lowest BCUT2D eigenvalue weighted by atomic mass is 9.96. The summed E-state index contributed by atoms with van der Waals surface area (Å²) in [5.74, 6) is 1.42. The van der Waals surface area contributed by atoms with E-state index in [-0.39, 0.29) is 11.9 Å². The van der Waals surface area contributed by atoms with Gasteiger partial charge in [-0.15, -0.1) is 0 Å². The molecule has 2 aromatic rings. The molecule has 0 bridgehead atoms. The SMILES string of the molecule is CN(CC1CCN(C(=O)OC(C)(C)C)CC1)c1cc(Nc2ccccc2F)ncn1. The summed E-state index contributed by atoms with van der Waals surface area (Å²) in [4.78, 5) is 24.6. The predicted molar refractivity (Wildman–Crippen MR) is 116 cm³/mol. The largest absolute Gasteiger partial charge is 0.444 e. The number of para-hydroxylation sites is 1. The fourth-order valence-electron chi connectivity index (χ4n) is 3.43. The maximum absolute atomic E-state index is 13.9. The molecule has 162 valence electrons. The van der Waals surface area contributed by atoms with Crippen molar-refractivity contribution in [2.75, 3.05) is 36.9 Å². The van der Waals surface area contributed by atoms with Crippen LogP contribution in [0.1, 0.15) is 33.6 Å². The smallest absolute Gasteiger partial charge is 0.410 e. The van der Waals surface area contributed by atoms with Crippen LogP contribution in [-0.4, -0.2) is 53.2 Å². The molecule has 1 amide bonds. The van der Waals surface area contributed by atoms with Crippen molar-refractivity contribution in [1.29, 1.82) is 0 Å². The van der Waals surface area contributed by atoms with Gasteiger partial charge in [0.2, 0.25) is 0 Å². The Labute approximate surface area is 177 Å². The van der Waals surface area contributed by atoms with Gasteiger partial charge in [-0.05, 0) is 51.7 Å². The van der Waals surface area contributed by atoms with Crippen molar-refractivity contribution in [3.05, 3.63) is 42.5 Å². The number of hydrogen-bond donors (Lipinski definition) is 1. The van der Waals surface area contributed by atoms with Gasteiger partial charge >= 0.3 is 6.09 Å². The van der Waals surface area contributed by atoms with Gasteiger partial charge in [0.25, 0.3) is 0 Å². The minimum absolute atomic E-state index is 0.242. The molecule has 1 fully saturated rings. The van der Waals surface area contributed by atoms with Crippen LogP contribution in [-0.2, 0) is 4.74 Å². The Balaban J connectivity index is 1.54. The van der Waals surface area contributed by atoms with E-state index in [9.17, 15) is 9.18 Å². The zero-order chi connectivity index (χ0) is 21.7. The molecule has 1 saturated heterocycles. The normalized spacial score (nSPS) is 15.0. The summed E-state index contributed by atoms with van der Waals surface area (Å²) in [6, 6.07) is 8.29. The predicted octanol–water partition coefficient (Wildman–Crippen LogP) is 4.44. The molecule has 1 aromatic heterocycles. The summed E-state index contributed by atoms with van der Waals surface area (Å²) in [7, 11) is 1.98. The van der Waals surface area contributed by atoms with Crippen molar-refractivity contribution in [1.82, 2.24) is 14.9 Å². The van der Waals surface area contributed by atoms with Crippen molar-refractivity contribution < 1.29 is 13.9 Å². The number of anilines is 3. The van der Waals surface area contributed by atoms with E-state index in [0.29, 0.717) is 30.5 Å². The maximum atomic E-state index is 13.9. The highest BCUT2D eigenvalue weighted by Crippen LogP contribution is 2.24. The first-order valence-corrected chi connectivity index (χ1v) is 10.2. The standard InChI is InChI=1S/C22H30FN5O2/c1-22(2,3)30-21(29)28-11-9-16(10-12-28)14-27(4)20-13-19(24-15-25-20)26-18-8-6-5-7-17(18)23/h5-8,13,15-16H,9-12,14H2,1-4H3,(H,24,25,26). The van der Waals surface area contributed by atoms with Crippen LogP contribution in [0.3, 0.4) is 0 Å². The summed E-state index contributed by atoms with van der Waals surface area (Å²) in [5.41, 5.74) is -0.102. The number of hydrogen-bond acceptors (Lipinski definition) is 6. The molecular formula is C22H30FN5O2. The summed E-state index contributed by atoms with van der Waals surface area (Å²) < 4.78 is 19.3. The highest BCUT2D eigenvalue weighted by molar-refractivity contribution is 5.68. The average molecular weight is 416 g/mol. The molecule has 8 heteroatoms. The third kappa shape index (κ3) is 6.05. The average Bonchev–Trinajstić information content (AvgIpc) is 2.69. The van der Waals surface area contributed by atoms with Crippen LogP contribution in [0.2, 0.25) is 0 Å². The van der Waals surface area contributed by atoms with E-state index in [4.69, 9.17) is 4.74 Å². The summed E-state index contributed by atoms with van der Waals surface area (Å²) >= 11 is 0. The van der Waals surface area contributed by atoms with E-state index >= 15 is 0 Å². The molecule has 1 aliphatic heterocycles. The fraction of sp³-hybridized carbons (Fsp3) is 0.500. The lowest BCUT2D eigenvalue weighted by Crippen LogP contribution is -2.43. The van der Waals surface area contributed by atoms with Crippen LogP contribution in [0.5, 0.6) is 0 Å². The van der Waals surface area contributed by atoms with Gasteiger partial charge in [-0.3, -0.25) is 0 Å². The van der Waals surface area contributed by atoms with Crippen LogP contribution >= 0.6 is 0 Å². The highest BCUT2D eigenvalue weighted by atomic mass is 19.1. The Morgan fingerprint density at radius 2 is 1.97 bits per heavy atom. The fourth-order valence-corrected chi connectivity index (χ4v) is 3.43. The van der Waals surface area contributed by atoms with E-state index in [0.717, 1.165) is 25.2 Å². The zero-order valence-corrected chi connectivity index (χ0v) is 18.1. The number of halogens is 1. The van der Waals surface area contributed by atoms with E-state index in [1.807, 2.05) is 33.9 Å². The van der Waals surface area contributed by atoms with Crippen molar-refractivity contribution >= 4 is 23.4 Å². The van der Waals surface area contributed by atoms with Gasteiger partial charge in [0.05, 0.1) is 5.69 Å². The first kappa shape index (κ1) is 21.8. The monoisotopic (exact) mass is 415 g/mol. The molecule has 30 heavy (non-hydrogen) atoms. The van der Waals surface area contributed by atoms with Crippen molar-refractivity contribution in [3.8, 4) is 0 Å². The van der Waals surface area contributed by atoms with Gasteiger partial charge in [0.1, 0.15) is 29.4 Å². The Bertz CT molecular complexity index is 863. The molecule has 0 atom stereocenters. The van der Waals surface area contributed by atoms with Crippen molar-refractivity contribution in [3.63, 3.8) is 0 Å². The molecule has 2 heterocycles. The van der Waals surface area contributed by atoms with Crippen LogP contribution in [0.4, 0.5) is 26.5 Å². The second-order valence-electron chi connectivity index (χ2n) is 8.66. The highest BCUT2D eigenvalue weighted by Gasteiger charge is 2.27. The first-order chi connectivity index (χ1) is 14.2. The molecule has 3 rings (SSSR count). The number of ether oxygens (including phenoxy) is 1. The summed E-state index contributed by atoms with van der Waals surface area (Å²) in [6.07, 6.45) is 3.05. The second-order valence-corrected chi connectivity index (χ2v) is 8.66. The zero-order valence-electron chi connectivity index (χ0n) is 18.1. The summed E-state index contributed by atoms with van der Waals surface area (Å²) in [5, 5.41) is 3.00. The number of carbonyl (C=O) groups is 1. The number of amides is 1. The van der Waals surface area contributed by atoms with Gasteiger partial charge < -0.3 is 19.9 Å². The van der Waals surface area contributed by atoms with E-state index in [1.165, 1.54) is 12.4 Å². The molecule has 0 aliphatic carbocycles. The number of nitrogens with one attached hydrogen (secondary N) is 1. The van der Waals surface area contributed by atoms with Gasteiger partial charge in [0, 0.05) is 32.7 Å². The van der Waals surface area contributed by atoms with Crippen LogP contribution in [0.25, 0.3) is 0 Å². The minimum atomic E-state index is -0.477. The number of likely N-dealkylation sites (tertiary alicyclic amines) is 1. The first-order valence-electron chi connectivity index (χ1n) is 10.2. The molecule has 0 unspecified atom stereocenters. The quantitative estimate of drug-likeness (QED) is 0.778. The molecule has 1 aliphatic rings. The third-order valence-electron chi connectivity index (χ3n) is 4.98. The van der Waals surface area contributed by atoms with Gasteiger partial charge in [0.15, 0.2) is 0 Å². The lowest BCUT2D eigenvalue weighted by Gasteiger charge is -2.35. The van der Waals surface area contributed by atoms with E-state index in [2.05, 4.69) is 20.2 Å². The Kier molecular flexibility index (Phi) is 6.74. The molecule has 7 nitrogen and oxygen atoms in total. The van der Waals surface area contributed by atoms with Crippen LogP contribution < -0.4 is 10.2 Å². The number of benzene rings is 1. The number of carbonyl (C=O) groups excluding carboxylic acids is 1. The van der Waals surface area contributed by atoms with Gasteiger partial charge in [-0.2, -0.15) is 0 Å². The lowest BCUT2D eigenvalue weighted by molar-refractivity contribution is 0.0186. The number of aromatic nitrogens is 2. The van der Waals surface area contributed by atoms with Crippen molar-refractivity contribution in [2.24, 2.45) is 5.92 Å². The molecule has 0 radical (unpaired) electrons. The topological polar surface area (TPSA) is 70.6 Å². The van der Waals surface area contributed by atoms with Crippen LogP contribution in [0, 0.1) is 11.7 Å². The second kappa shape index (κ2) is 9.28. The Morgan fingerprint density at radius 1 is 1.27 bits per heavy atom. The molecule has 0 spiro atoms. The van der Waals surface area contributed by atoms with Gasteiger partial charge in [-0.25, -0.2) is 19.2 Å². The minimum Gasteiger partial charge on any atom is -0.444 e. The molecule has 1 aromatic carbocycles. The third-order valence-corrected chi connectivity index (χ3v) is 4.98. The summed E-state index contributed by atoms with van der Waals surface area (Å²) in [6.45, 7) is 7.84.